The molecule has 2 rings (SSSR count). The van der Waals surface area contributed by atoms with E-state index < -0.39 is 11.5 Å². The van der Waals surface area contributed by atoms with E-state index >= 15 is 0 Å². The van der Waals surface area contributed by atoms with Gasteiger partial charge >= 0.3 is 0 Å². The third-order valence-corrected chi connectivity index (χ3v) is 2.41. The topological polar surface area (TPSA) is 26.0 Å². The van der Waals surface area contributed by atoms with Crippen molar-refractivity contribution in [2.24, 2.45) is 11.7 Å². The number of fused-ring (bicyclic) bond motifs is 1. The van der Waals surface area contributed by atoms with Gasteiger partial charge in [-0.2, -0.15) is 0 Å². The Balaban J connectivity index is 2.14. The summed E-state index contributed by atoms with van der Waals surface area (Å²) in [6, 6.07) is 0. The van der Waals surface area contributed by atoms with E-state index in [1.807, 2.05) is 0 Å². The molecule has 0 radical (unpaired) electrons. The molecule has 2 fully saturated rings. The van der Waals surface area contributed by atoms with E-state index in [9.17, 15) is 8.78 Å². The largest absolute Gasteiger partial charge is 0.325 e. The van der Waals surface area contributed by atoms with E-state index in [4.69, 9.17) is 5.73 Å². The number of nitrogens with two attached hydrogens (primary N) is 1. The summed E-state index contributed by atoms with van der Waals surface area (Å²) in [7, 11) is 0. The molecule has 0 aromatic heterocycles. The second-order valence-corrected chi connectivity index (χ2v) is 3.37. The molecule has 2 saturated carbocycles. The van der Waals surface area contributed by atoms with Gasteiger partial charge in [-0.15, -0.1) is 0 Å². The van der Waals surface area contributed by atoms with Gasteiger partial charge in [0, 0.05) is 18.4 Å². The Hall–Kier alpha value is -0.180. The highest BCUT2D eigenvalue weighted by Crippen LogP contribution is 2.59. The number of halogens is 2. The second kappa shape index (κ2) is 1.15. The molecule has 0 bridgehead atoms. The molecule has 2 aliphatic rings. The Morgan fingerprint density at radius 2 is 2.00 bits per heavy atom. The Morgan fingerprint density at radius 3 is 2.22 bits per heavy atom. The molecule has 52 valence electrons. The molecule has 0 saturated heterocycles. The zero-order chi connectivity index (χ0) is 6.70. The summed E-state index contributed by atoms with van der Waals surface area (Å²) in [6.45, 7) is 0. The van der Waals surface area contributed by atoms with E-state index in [-0.39, 0.29) is 18.8 Å². The number of hydrogen-bond donors (Lipinski definition) is 1. The van der Waals surface area contributed by atoms with Crippen molar-refractivity contribution in [2.75, 3.05) is 0 Å². The van der Waals surface area contributed by atoms with Crippen molar-refractivity contribution < 1.29 is 8.78 Å². The molecule has 0 aromatic carbocycles. The number of hydrogen-bond acceptors (Lipinski definition) is 1. The van der Waals surface area contributed by atoms with Crippen molar-refractivity contribution in [3.8, 4) is 0 Å². The molecule has 9 heavy (non-hydrogen) atoms. The van der Waals surface area contributed by atoms with Crippen LogP contribution in [0.5, 0.6) is 0 Å². The van der Waals surface area contributed by atoms with Crippen LogP contribution >= 0.6 is 0 Å². The third kappa shape index (κ3) is 0.674. The minimum absolute atomic E-state index is 0.0312. The quantitative estimate of drug-likeness (QED) is 0.526. The summed E-state index contributed by atoms with van der Waals surface area (Å²) in [4.78, 5) is 0. The maximum Gasteiger partial charge on any atom is 0.250 e. The zero-order valence-electron chi connectivity index (χ0n) is 5.03. The lowest BCUT2D eigenvalue weighted by molar-refractivity contribution is -0.00498. The molecule has 2 atom stereocenters. The standard InChI is InChI=1S/C6H9F2N/c7-6(8)2-4-1-5(4,9)3-6/h4H,1-3,9H2. The van der Waals surface area contributed by atoms with Crippen LogP contribution in [0, 0.1) is 5.92 Å². The van der Waals surface area contributed by atoms with Crippen LogP contribution in [0.1, 0.15) is 19.3 Å². The van der Waals surface area contributed by atoms with Crippen LogP contribution in [0.25, 0.3) is 0 Å². The minimum Gasteiger partial charge on any atom is -0.325 e. The average Bonchev–Trinajstić information content (AvgIpc) is 2.03. The number of rotatable bonds is 0. The first-order valence-corrected chi connectivity index (χ1v) is 3.19. The molecular formula is C6H9F2N. The molecule has 2 aliphatic carbocycles. The lowest BCUT2D eigenvalue weighted by Gasteiger charge is -2.10. The predicted molar refractivity (Wildman–Crippen MR) is 29.2 cm³/mol. The third-order valence-electron chi connectivity index (χ3n) is 2.41. The summed E-state index contributed by atoms with van der Waals surface area (Å²) in [5.74, 6) is -2.31. The Morgan fingerprint density at radius 1 is 1.33 bits per heavy atom. The molecule has 3 heteroatoms. The maximum absolute atomic E-state index is 12.4. The van der Waals surface area contributed by atoms with Gasteiger partial charge < -0.3 is 5.73 Å². The van der Waals surface area contributed by atoms with Gasteiger partial charge in [0.25, 0.3) is 0 Å². The van der Waals surface area contributed by atoms with Gasteiger partial charge in [0.2, 0.25) is 5.92 Å². The molecule has 0 aliphatic heterocycles. The van der Waals surface area contributed by atoms with E-state index in [0.29, 0.717) is 0 Å². The van der Waals surface area contributed by atoms with Crippen LogP contribution in [0.3, 0.4) is 0 Å². The summed E-state index contributed by atoms with van der Waals surface area (Å²) >= 11 is 0. The van der Waals surface area contributed by atoms with Crippen LogP contribution in [0.4, 0.5) is 8.78 Å². The van der Waals surface area contributed by atoms with Gasteiger partial charge in [0.05, 0.1) is 0 Å². The van der Waals surface area contributed by atoms with E-state index in [2.05, 4.69) is 0 Å². The van der Waals surface area contributed by atoms with Crippen molar-refractivity contribution >= 4 is 0 Å². The Kier molecular flexibility index (Phi) is 0.712. The summed E-state index contributed by atoms with van der Waals surface area (Å²) in [5.41, 5.74) is 5.09. The molecular weight excluding hydrogens is 124 g/mol. The van der Waals surface area contributed by atoms with Gasteiger partial charge in [0.15, 0.2) is 0 Å². The second-order valence-electron chi connectivity index (χ2n) is 3.37. The van der Waals surface area contributed by atoms with Crippen LogP contribution in [-0.4, -0.2) is 11.5 Å². The van der Waals surface area contributed by atoms with Crippen molar-refractivity contribution in [3.63, 3.8) is 0 Å². The van der Waals surface area contributed by atoms with E-state index in [1.54, 1.807) is 0 Å². The molecule has 0 heterocycles. The first-order chi connectivity index (χ1) is 4.02. The molecule has 0 aromatic rings. The van der Waals surface area contributed by atoms with Crippen LogP contribution < -0.4 is 5.73 Å². The highest BCUT2D eigenvalue weighted by Gasteiger charge is 2.64. The lowest BCUT2D eigenvalue weighted by atomic mass is 10.2. The first-order valence-electron chi connectivity index (χ1n) is 3.19. The maximum atomic E-state index is 12.4. The molecule has 0 spiro atoms. The zero-order valence-corrected chi connectivity index (χ0v) is 5.03. The van der Waals surface area contributed by atoms with Crippen molar-refractivity contribution in [3.05, 3.63) is 0 Å². The monoisotopic (exact) mass is 133 g/mol. The van der Waals surface area contributed by atoms with Crippen molar-refractivity contribution in [2.45, 2.75) is 30.7 Å². The van der Waals surface area contributed by atoms with Crippen LogP contribution in [0.2, 0.25) is 0 Å². The van der Waals surface area contributed by atoms with Gasteiger partial charge in [-0.25, -0.2) is 8.78 Å². The predicted octanol–water partition coefficient (Wildman–Crippen LogP) is 1.13. The summed E-state index contributed by atoms with van der Waals surface area (Å²) < 4.78 is 24.8. The van der Waals surface area contributed by atoms with E-state index in [0.717, 1.165) is 6.42 Å². The summed E-state index contributed by atoms with van der Waals surface area (Å²) in [5, 5.41) is 0. The molecule has 0 amide bonds. The fraction of sp³-hybridized carbons (Fsp3) is 1.00. The van der Waals surface area contributed by atoms with Crippen molar-refractivity contribution in [1.82, 2.24) is 0 Å². The fourth-order valence-electron chi connectivity index (χ4n) is 1.81. The normalized spacial score (nSPS) is 53.0. The van der Waals surface area contributed by atoms with Gasteiger partial charge in [-0.05, 0) is 12.3 Å². The number of alkyl halides is 2. The van der Waals surface area contributed by atoms with Crippen molar-refractivity contribution in [1.29, 1.82) is 0 Å². The Labute approximate surface area is 52.2 Å². The summed E-state index contributed by atoms with van der Waals surface area (Å²) in [6.07, 6.45) is 0.775. The molecule has 2 unspecified atom stereocenters. The average molecular weight is 133 g/mol. The van der Waals surface area contributed by atoms with Crippen LogP contribution in [0.15, 0.2) is 0 Å². The highest BCUT2D eigenvalue weighted by molar-refractivity contribution is 5.16. The first kappa shape index (κ1) is 5.59. The minimum atomic E-state index is -2.45. The Bertz CT molecular complexity index is 154. The molecule has 1 nitrogen and oxygen atoms in total. The van der Waals surface area contributed by atoms with Gasteiger partial charge in [-0.3, -0.25) is 0 Å². The molecule has 2 N–H and O–H groups in total. The van der Waals surface area contributed by atoms with Crippen LogP contribution in [-0.2, 0) is 0 Å². The smallest absolute Gasteiger partial charge is 0.250 e. The lowest BCUT2D eigenvalue weighted by Crippen LogP contribution is -2.26. The SMILES string of the molecule is NC12CC1CC(F)(F)C2. The van der Waals surface area contributed by atoms with Gasteiger partial charge in [0.1, 0.15) is 0 Å². The fourth-order valence-corrected chi connectivity index (χ4v) is 1.81. The van der Waals surface area contributed by atoms with E-state index in [1.165, 1.54) is 0 Å². The highest BCUT2D eigenvalue weighted by atomic mass is 19.3. The van der Waals surface area contributed by atoms with Gasteiger partial charge in [-0.1, -0.05) is 0 Å².